The Labute approximate surface area is 137 Å². The van der Waals surface area contributed by atoms with Crippen LogP contribution in [0.2, 0.25) is 0 Å². The van der Waals surface area contributed by atoms with Crippen molar-refractivity contribution in [1.29, 1.82) is 0 Å². The Balaban J connectivity index is 1.47. The summed E-state index contributed by atoms with van der Waals surface area (Å²) >= 11 is 1.53. The van der Waals surface area contributed by atoms with Gasteiger partial charge in [0.1, 0.15) is 5.69 Å². The Hall–Kier alpha value is -0.940. The van der Waals surface area contributed by atoms with E-state index in [4.69, 9.17) is 0 Å². The molecule has 2 aliphatic rings. The van der Waals surface area contributed by atoms with Crippen molar-refractivity contribution in [2.45, 2.75) is 82.8 Å². The first-order chi connectivity index (χ1) is 10.7. The van der Waals surface area contributed by atoms with Crippen molar-refractivity contribution in [2.24, 2.45) is 0 Å². The lowest BCUT2D eigenvalue weighted by atomic mass is 9.84. The molecule has 122 valence electrons. The first kappa shape index (κ1) is 15.9. The largest absolute Gasteiger partial charge is 0.346 e. The average molecular weight is 321 g/mol. The molecule has 1 aromatic heterocycles. The molecule has 0 aromatic carbocycles. The smallest absolute Gasteiger partial charge is 0.271 e. The van der Waals surface area contributed by atoms with Crippen LogP contribution in [0.15, 0.2) is 5.38 Å². The van der Waals surface area contributed by atoms with Gasteiger partial charge in [0, 0.05) is 23.5 Å². The molecule has 2 atom stereocenters. The molecule has 2 fully saturated rings. The molecule has 0 radical (unpaired) electrons. The first-order valence-corrected chi connectivity index (χ1v) is 9.59. The van der Waals surface area contributed by atoms with Crippen molar-refractivity contribution >= 4 is 17.2 Å². The van der Waals surface area contributed by atoms with Crippen molar-refractivity contribution in [3.05, 3.63) is 16.1 Å². The van der Waals surface area contributed by atoms with Gasteiger partial charge in [0.25, 0.3) is 5.91 Å². The van der Waals surface area contributed by atoms with Gasteiger partial charge in [-0.25, -0.2) is 4.98 Å². The molecule has 0 bridgehead atoms. The molecule has 0 unspecified atom stereocenters. The van der Waals surface area contributed by atoms with E-state index in [9.17, 15) is 4.79 Å². The van der Waals surface area contributed by atoms with Crippen LogP contribution in [0.4, 0.5) is 0 Å². The summed E-state index contributed by atoms with van der Waals surface area (Å²) in [5.41, 5.74) is 0.569. The van der Waals surface area contributed by atoms with Crippen LogP contribution >= 0.6 is 11.3 Å². The molecule has 0 spiro atoms. The van der Waals surface area contributed by atoms with E-state index in [1.54, 1.807) is 0 Å². The first-order valence-electron chi connectivity index (χ1n) is 8.71. The minimum Gasteiger partial charge on any atom is -0.346 e. The van der Waals surface area contributed by atoms with Crippen molar-refractivity contribution in [3.8, 4) is 0 Å². The second kappa shape index (κ2) is 7.55. The van der Waals surface area contributed by atoms with E-state index in [2.05, 4.69) is 15.6 Å². The van der Waals surface area contributed by atoms with E-state index >= 15 is 0 Å². The standard InChI is InChI=1S/C17H27N3OS/c1-12-18-16(11-22-12)17(21)20-15-10-9-14(15)19-13-7-5-3-2-4-6-8-13/h11,13-15,19H,2-10H2,1H3,(H,20,21)/t14-,15+/m0/s1. The maximum absolute atomic E-state index is 12.2. The molecule has 2 saturated carbocycles. The van der Waals surface area contributed by atoms with Crippen LogP contribution in [0.1, 0.15) is 73.3 Å². The van der Waals surface area contributed by atoms with Gasteiger partial charge in [-0.2, -0.15) is 0 Å². The third-order valence-corrected chi connectivity index (χ3v) is 5.77. The molecule has 2 N–H and O–H groups in total. The summed E-state index contributed by atoms with van der Waals surface area (Å²) in [4.78, 5) is 16.5. The van der Waals surface area contributed by atoms with Gasteiger partial charge in [0.15, 0.2) is 0 Å². The topological polar surface area (TPSA) is 54.0 Å². The number of aromatic nitrogens is 1. The zero-order valence-corrected chi connectivity index (χ0v) is 14.3. The number of aryl methyl sites for hydroxylation is 1. The third-order valence-electron chi connectivity index (χ3n) is 5.00. The Kier molecular flexibility index (Phi) is 5.47. The Morgan fingerprint density at radius 2 is 1.77 bits per heavy atom. The van der Waals surface area contributed by atoms with E-state index in [0.29, 0.717) is 17.8 Å². The second-order valence-electron chi connectivity index (χ2n) is 6.72. The highest BCUT2D eigenvalue weighted by molar-refractivity contribution is 7.09. The molecule has 1 amide bonds. The van der Waals surface area contributed by atoms with Crippen LogP contribution in [0.3, 0.4) is 0 Å². The Morgan fingerprint density at radius 3 is 2.36 bits per heavy atom. The van der Waals surface area contributed by atoms with Crippen LogP contribution in [0, 0.1) is 6.92 Å². The fourth-order valence-corrected chi connectivity index (χ4v) is 4.10. The third kappa shape index (κ3) is 4.07. The second-order valence-corrected chi connectivity index (χ2v) is 7.79. The zero-order chi connectivity index (χ0) is 15.4. The van der Waals surface area contributed by atoms with Crippen molar-refractivity contribution < 1.29 is 4.79 Å². The SMILES string of the molecule is Cc1nc(C(=O)N[C@@H]2CC[C@@H]2NC2CCCCCCC2)cs1. The Morgan fingerprint density at radius 1 is 1.09 bits per heavy atom. The minimum absolute atomic E-state index is 0.0153. The summed E-state index contributed by atoms with van der Waals surface area (Å²) in [6.07, 6.45) is 11.7. The monoisotopic (exact) mass is 321 g/mol. The summed E-state index contributed by atoms with van der Waals surface area (Å²) in [6, 6.07) is 1.37. The van der Waals surface area contributed by atoms with E-state index in [-0.39, 0.29) is 11.9 Å². The van der Waals surface area contributed by atoms with Gasteiger partial charge in [-0.15, -0.1) is 11.3 Å². The quantitative estimate of drug-likeness (QED) is 0.893. The predicted octanol–water partition coefficient (Wildman–Crippen LogP) is 3.41. The normalized spacial score (nSPS) is 26.8. The van der Waals surface area contributed by atoms with E-state index in [0.717, 1.165) is 11.4 Å². The minimum atomic E-state index is -0.0153. The predicted molar refractivity (Wildman–Crippen MR) is 90.4 cm³/mol. The zero-order valence-electron chi connectivity index (χ0n) is 13.4. The lowest BCUT2D eigenvalue weighted by Gasteiger charge is -2.40. The van der Waals surface area contributed by atoms with Crippen LogP contribution < -0.4 is 10.6 Å². The lowest BCUT2D eigenvalue weighted by Crippen LogP contribution is -2.59. The highest BCUT2D eigenvalue weighted by Gasteiger charge is 2.33. The van der Waals surface area contributed by atoms with Crippen molar-refractivity contribution in [1.82, 2.24) is 15.6 Å². The van der Waals surface area contributed by atoms with Gasteiger partial charge in [0.2, 0.25) is 0 Å². The van der Waals surface area contributed by atoms with Crippen molar-refractivity contribution in [2.75, 3.05) is 0 Å². The molecule has 4 nitrogen and oxygen atoms in total. The number of nitrogens with zero attached hydrogens (tertiary/aromatic N) is 1. The van der Waals surface area contributed by atoms with Crippen LogP contribution in [-0.4, -0.2) is 29.0 Å². The molecular formula is C17H27N3OS. The van der Waals surface area contributed by atoms with Gasteiger partial charge >= 0.3 is 0 Å². The van der Waals surface area contributed by atoms with Gasteiger partial charge in [-0.3, -0.25) is 4.79 Å². The molecule has 1 heterocycles. The van der Waals surface area contributed by atoms with E-state index in [1.807, 2.05) is 12.3 Å². The molecular weight excluding hydrogens is 294 g/mol. The molecule has 0 aliphatic heterocycles. The maximum Gasteiger partial charge on any atom is 0.271 e. The summed E-state index contributed by atoms with van der Waals surface area (Å²) in [6.45, 7) is 1.93. The van der Waals surface area contributed by atoms with Crippen LogP contribution in [0.5, 0.6) is 0 Å². The van der Waals surface area contributed by atoms with Gasteiger partial charge in [-0.05, 0) is 32.6 Å². The summed E-state index contributed by atoms with van der Waals surface area (Å²) in [5, 5.41) is 9.75. The molecule has 22 heavy (non-hydrogen) atoms. The number of thiazole rings is 1. The summed E-state index contributed by atoms with van der Waals surface area (Å²) < 4.78 is 0. The number of hydrogen-bond donors (Lipinski definition) is 2. The number of nitrogens with one attached hydrogen (secondary N) is 2. The highest BCUT2D eigenvalue weighted by atomic mass is 32.1. The number of amides is 1. The number of rotatable bonds is 4. The fraction of sp³-hybridized carbons (Fsp3) is 0.765. The molecule has 2 aliphatic carbocycles. The Bertz CT molecular complexity index is 494. The molecule has 1 aromatic rings. The number of carbonyl (C=O) groups is 1. The van der Waals surface area contributed by atoms with Gasteiger partial charge in [0.05, 0.1) is 5.01 Å². The van der Waals surface area contributed by atoms with Gasteiger partial charge < -0.3 is 10.6 Å². The maximum atomic E-state index is 12.2. The average Bonchev–Trinajstić information content (AvgIpc) is 2.89. The van der Waals surface area contributed by atoms with Crippen LogP contribution in [0.25, 0.3) is 0 Å². The molecule has 5 heteroatoms. The molecule has 3 rings (SSSR count). The molecule has 0 saturated heterocycles. The van der Waals surface area contributed by atoms with Gasteiger partial charge in [-0.1, -0.05) is 32.1 Å². The van der Waals surface area contributed by atoms with E-state index in [1.165, 1.54) is 62.7 Å². The van der Waals surface area contributed by atoms with Crippen molar-refractivity contribution in [3.63, 3.8) is 0 Å². The summed E-state index contributed by atoms with van der Waals surface area (Å²) in [5.74, 6) is -0.0153. The fourth-order valence-electron chi connectivity index (χ4n) is 3.51. The summed E-state index contributed by atoms with van der Waals surface area (Å²) in [7, 11) is 0. The lowest BCUT2D eigenvalue weighted by molar-refractivity contribution is 0.0882. The number of hydrogen-bond acceptors (Lipinski definition) is 4. The van der Waals surface area contributed by atoms with Crippen LogP contribution in [-0.2, 0) is 0 Å². The number of carbonyl (C=O) groups excluding carboxylic acids is 1. The van der Waals surface area contributed by atoms with E-state index < -0.39 is 0 Å². The highest BCUT2D eigenvalue weighted by Crippen LogP contribution is 2.24.